The van der Waals surface area contributed by atoms with Crippen molar-refractivity contribution in [3.05, 3.63) is 30.3 Å². The summed E-state index contributed by atoms with van der Waals surface area (Å²) >= 11 is 0. The van der Waals surface area contributed by atoms with E-state index in [1.807, 2.05) is 0 Å². The maximum Gasteiger partial charge on any atom is 0.411 e. The lowest BCUT2D eigenvalue weighted by atomic mass is 10.0. The van der Waals surface area contributed by atoms with Gasteiger partial charge < -0.3 is 14.0 Å². The van der Waals surface area contributed by atoms with E-state index in [9.17, 15) is 39.7 Å². The standard InChI is InChI=1S/C16H18F5NO6S/c1-14(27-8-5-9-28-14)10-12(15(17,18)19)22(11-6-3-2-4-7-11)13(23)16(20,21)29(24,25)26/h2-4,6-7,12H,5,8-10H2,1H3,(H,24,25,26)/p-1. The Bertz CT molecular complexity index is 824. The molecule has 1 aromatic rings. The number of hydrogen-bond acceptors (Lipinski definition) is 6. The van der Waals surface area contributed by atoms with E-state index in [4.69, 9.17) is 9.47 Å². The summed E-state index contributed by atoms with van der Waals surface area (Å²) in [6.07, 6.45) is -6.03. The van der Waals surface area contributed by atoms with Gasteiger partial charge in [-0.2, -0.15) is 22.0 Å². The van der Waals surface area contributed by atoms with E-state index in [2.05, 4.69) is 0 Å². The number of anilines is 1. The summed E-state index contributed by atoms with van der Waals surface area (Å²) in [5, 5.41) is -5.62. The number of benzene rings is 1. The number of carbonyl (C=O) groups is 1. The fraction of sp³-hybridized carbons (Fsp3) is 0.562. The van der Waals surface area contributed by atoms with Gasteiger partial charge in [-0.25, -0.2) is 8.42 Å². The van der Waals surface area contributed by atoms with Gasteiger partial charge in [0.15, 0.2) is 15.9 Å². The molecule has 0 N–H and O–H groups in total. The zero-order valence-corrected chi connectivity index (χ0v) is 15.8. The molecule has 0 bridgehead atoms. The van der Waals surface area contributed by atoms with E-state index in [0.717, 1.165) is 31.2 Å². The van der Waals surface area contributed by atoms with Crippen LogP contribution in [0.5, 0.6) is 0 Å². The van der Waals surface area contributed by atoms with Crippen molar-refractivity contribution in [1.82, 2.24) is 0 Å². The lowest BCUT2D eigenvalue weighted by Crippen LogP contribution is -2.59. The highest BCUT2D eigenvalue weighted by molar-refractivity contribution is 7.87. The molecule has 0 aliphatic carbocycles. The third kappa shape index (κ3) is 5.21. The van der Waals surface area contributed by atoms with Crippen molar-refractivity contribution in [3.63, 3.8) is 0 Å². The summed E-state index contributed by atoms with van der Waals surface area (Å²) in [6, 6.07) is 2.48. The lowest BCUT2D eigenvalue weighted by molar-refractivity contribution is -0.273. The molecule has 0 saturated carbocycles. The molecule has 1 aliphatic heterocycles. The van der Waals surface area contributed by atoms with Crippen LogP contribution in [0.2, 0.25) is 0 Å². The Morgan fingerprint density at radius 1 is 1.17 bits per heavy atom. The molecule has 1 aromatic carbocycles. The van der Waals surface area contributed by atoms with Crippen molar-refractivity contribution in [2.45, 2.75) is 43.0 Å². The van der Waals surface area contributed by atoms with Gasteiger partial charge in [-0.3, -0.25) is 9.69 Å². The van der Waals surface area contributed by atoms with Crippen LogP contribution < -0.4 is 4.90 Å². The van der Waals surface area contributed by atoms with Crippen LogP contribution in [-0.4, -0.2) is 55.4 Å². The summed E-state index contributed by atoms with van der Waals surface area (Å²) in [6.45, 7) is 1.21. The molecule has 1 aliphatic rings. The quantitative estimate of drug-likeness (QED) is 0.493. The van der Waals surface area contributed by atoms with Crippen molar-refractivity contribution in [3.8, 4) is 0 Å². The molecule has 1 saturated heterocycles. The largest absolute Gasteiger partial charge is 0.743 e. The summed E-state index contributed by atoms with van der Waals surface area (Å²) < 4.78 is 112. The van der Waals surface area contributed by atoms with Gasteiger partial charge in [0.2, 0.25) is 0 Å². The Morgan fingerprint density at radius 2 is 1.69 bits per heavy atom. The summed E-state index contributed by atoms with van der Waals surface area (Å²) in [7, 11) is -6.59. The van der Waals surface area contributed by atoms with E-state index in [-0.39, 0.29) is 13.2 Å². The molecule has 7 nitrogen and oxygen atoms in total. The van der Waals surface area contributed by atoms with Crippen LogP contribution in [0.15, 0.2) is 30.3 Å². The molecule has 164 valence electrons. The number of hydrogen-bond donors (Lipinski definition) is 0. The number of para-hydroxylation sites is 1. The minimum Gasteiger partial charge on any atom is -0.743 e. The van der Waals surface area contributed by atoms with Crippen LogP contribution in [0, 0.1) is 0 Å². The third-order valence-corrected chi connectivity index (χ3v) is 4.98. The third-order valence-electron chi connectivity index (χ3n) is 4.17. The highest BCUT2D eigenvalue weighted by Gasteiger charge is 2.57. The smallest absolute Gasteiger partial charge is 0.411 e. The van der Waals surface area contributed by atoms with Gasteiger partial charge in [-0.1, -0.05) is 18.2 Å². The first kappa shape index (κ1) is 23.4. The van der Waals surface area contributed by atoms with Gasteiger partial charge in [0.25, 0.3) is 0 Å². The van der Waals surface area contributed by atoms with E-state index in [1.165, 1.54) is 6.07 Å². The van der Waals surface area contributed by atoms with Gasteiger partial charge in [0.05, 0.1) is 13.2 Å². The molecule has 1 amide bonds. The molecule has 0 aromatic heterocycles. The second-order valence-electron chi connectivity index (χ2n) is 6.43. The number of carbonyl (C=O) groups excluding carboxylic acids is 1. The fourth-order valence-electron chi connectivity index (χ4n) is 2.77. The number of alkyl halides is 5. The number of rotatable bonds is 6. The molecule has 13 heteroatoms. The second-order valence-corrected chi connectivity index (χ2v) is 7.85. The minimum absolute atomic E-state index is 0.0332. The van der Waals surface area contributed by atoms with E-state index in [0.29, 0.717) is 6.42 Å². The minimum atomic E-state index is -6.59. The van der Waals surface area contributed by atoms with Crippen molar-refractivity contribution in [1.29, 1.82) is 0 Å². The molecule has 29 heavy (non-hydrogen) atoms. The van der Waals surface area contributed by atoms with Crippen molar-refractivity contribution >= 4 is 21.7 Å². The fourth-order valence-corrected chi connectivity index (χ4v) is 3.09. The van der Waals surface area contributed by atoms with Crippen LogP contribution >= 0.6 is 0 Å². The average Bonchev–Trinajstić information content (AvgIpc) is 2.60. The Labute approximate surface area is 163 Å². The van der Waals surface area contributed by atoms with Crippen LogP contribution in [0.3, 0.4) is 0 Å². The summed E-state index contributed by atoms with van der Waals surface area (Å²) in [5.74, 6) is -4.70. The SMILES string of the molecule is CC1(CC(N(C(=O)C(F)(F)S(=O)(=O)[O-])c2ccccc2)C(F)(F)F)OCCCO1. The van der Waals surface area contributed by atoms with Crippen LogP contribution in [0.1, 0.15) is 19.8 Å². The molecular formula is C16H17F5NO6S-. The number of nitrogens with zero attached hydrogens (tertiary/aromatic N) is 1. The predicted molar refractivity (Wildman–Crippen MR) is 88.0 cm³/mol. The normalized spacial score (nSPS) is 18.9. The molecule has 1 fully saturated rings. The molecule has 0 radical (unpaired) electrons. The lowest BCUT2D eigenvalue weighted by Gasteiger charge is -2.41. The molecule has 1 unspecified atom stereocenters. The van der Waals surface area contributed by atoms with Crippen molar-refractivity contribution in [2.75, 3.05) is 18.1 Å². The molecule has 0 spiro atoms. The Morgan fingerprint density at radius 3 is 2.14 bits per heavy atom. The van der Waals surface area contributed by atoms with Crippen molar-refractivity contribution in [2.24, 2.45) is 0 Å². The molecular weight excluding hydrogens is 429 g/mol. The van der Waals surface area contributed by atoms with Crippen LogP contribution in [-0.2, 0) is 24.4 Å². The van der Waals surface area contributed by atoms with Crippen LogP contribution in [0.25, 0.3) is 0 Å². The molecule has 1 heterocycles. The predicted octanol–water partition coefficient (Wildman–Crippen LogP) is 2.63. The van der Waals surface area contributed by atoms with Crippen molar-refractivity contribution < 1.29 is 49.2 Å². The Balaban J connectivity index is 2.58. The van der Waals surface area contributed by atoms with Gasteiger partial charge in [0.1, 0.15) is 6.04 Å². The first-order valence-corrected chi connectivity index (χ1v) is 9.66. The first-order chi connectivity index (χ1) is 13.2. The van der Waals surface area contributed by atoms with Gasteiger partial charge in [-0.15, -0.1) is 0 Å². The Hall–Kier alpha value is -1.83. The molecule has 1 atom stereocenters. The van der Waals surface area contributed by atoms with E-state index in [1.54, 1.807) is 0 Å². The second kappa shape index (κ2) is 8.13. The zero-order chi connectivity index (χ0) is 22.1. The highest BCUT2D eigenvalue weighted by atomic mass is 32.2. The van der Waals surface area contributed by atoms with E-state index < -0.39 is 56.3 Å². The summed E-state index contributed by atoms with van der Waals surface area (Å²) in [4.78, 5) is 11.8. The summed E-state index contributed by atoms with van der Waals surface area (Å²) in [5.41, 5.74) is -0.678. The number of amides is 1. The first-order valence-electron chi connectivity index (χ1n) is 8.26. The zero-order valence-electron chi connectivity index (χ0n) is 15.0. The average molecular weight is 446 g/mol. The highest BCUT2D eigenvalue weighted by Crippen LogP contribution is 2.39. The topological polar surface area (TPSA) is 96.0 Å². The Kier molecular flexibility index (Phi) is 6.57. The van der Waals surface area contributed by atoms with Gasteiger partial charge >= 0.3 is 17.3 Å². The van der Waals surface area contributed by atoms with Gasteiger partial charge in [-0.05, 0) is 25.5 Å². The number of halogens is 5. The monoisotopic (exact) mass is 446 g/mol. The maximum absolute atomic E-state index is 14.0. The van der Waals surface area contributed by atoms with E-state index >= 15 is 0 Å². The van der Waals surface area contributed by atoms with Crippen LogP contribution in [0.4, 0.5) is 27.6 Å². The van der Waals surface area contributed by atoms with Gasteiger partial charge in [0, 0.05) is 12.1 Å². The molecule has 2 rings (SSSR count). The maximum atomic E-state index is 14.0. The number of ether oxygens (including phenoxy) is 2.